The average molecular weight is 192 g/mol. The molecule has 0 spiro atoms. The van der Waals surface area contributed by atoms with Gasteiger partial charge >= 0.3 is 0 Å². The quantitative estimate of drug-likeness (QED) is 0.772. The summed E-state index contributed by atoms with van der Waals surface area (Å²) in [5.41, 5.74) is 6.79. The monoisotopic (exact) mass is 192 g/mol. The second kappa shape index (κ2) is 4.00. The Morgan fingerprint density at radius 1 is 1.43 bits per heavy atom. The third kappa shape index (κ3) is 1.90. The van der Waals surface area contributed by atoms with E-state index in [0.717, 1.165) is 5.69 Å². The Hall–Kier alpha value is -1.03. The van der Waals surface area contributed by atoms with Gasteiger partial charge in [-0.05, 0) is 19.8 Å². The molecular formula is C10H16N4. The van der Waals surface area contributed by atoms with E-state index in [1.54, 1.807) is 6.20 Å². The summed E-state index contributed by atoms with van der Waals surface area (Å²) >= 11 is 0. The molecule has 76 valence electrons. The van der Waals surface area contributed by atoms with Crippen LogP contribution < -0.4 is 5.73 Å². The van der Waals surface area contributed by atoms with Crippen LogP contribution in [0.5, 0.6) is 0 Å². The lowest BCUT2D eigenvalue weighted by atomic mass is 10.1. The van der Waals surface area contributed by atoms with Gasteiger partial charge in [-0.1, -0.05) is 12.8 Å². The number of nitrogens with zero attached hydrogens (tertiary/aromatic N) is 3. The maximum absolute atomic E-state index is 5.72. The highest BCUT2D eigenvalue weighted by molar-refractivity contribution is 5.06. The topological polar surface area (TPSA) is 64.7 Å². The van der Waals surface area contributed by atoms with Crippen molar-refractivity contribution in [3.8, 4) is 0 Å². The van der Waals surface area contributed by atoms with Crippen LogP contribution in [0.3, 0.4) is 0 Å². The molecule has 1 atom stereocenters. The predicted octanol–water partition coefficient (Wildman–Crippen LogP) is 1.55. The molecule has 1 aromatic rings. The second-order valence-electron chi connectivity index (χ2n) is 4.01. The number of rotatable bonds is 2. The van der Waals surface area contributed by atoms with E-state index in [1.165, 1.54) is 25.7 Å². The smallest absolute Gasteiger partial charge is 0.167 e. The number of hydrogen-bond acceptors (Lipinski definition) is 4. The van der Waals surface area contributed by atoms with Crippen LogP contribution in [0.4, 0.5) is 0 Å². The molecule has 0 aromatic carbocycles. The van der Waals surface area contributed by atoms with Crippen molar-refractivity contribution in [3.05, 3.63) is 17.7 Å². The van der Waals surface area contributed by atoms with Gasteiger partial charge in [-0.3, -0.25) is 0 Å². The minimum atomic E-state index is -0.121. The Labute approximate surface area is 83.9 Å². The zero-order chi connectivity index (χ0) is 9.97. The first-order chi connectivity index (χ1) is 6.77. The molecule has 1 heterocycles. The summed E-state index contributed by atoms with van der Waals surface area (Å²) < 4.78 is 0. The van der Waals surface area contributed by atoms with E-state index >= 15 is 0 Å². The van der Waals surface area contributed by atoms with E-state index in [2.05, 4.69) is 15.2 Å². The molecule has 1 aromatic heterocycles. The fraction of sp³-hybridized carbons (Fsp3) is 0.700. The summed E-state index contributed by atoms with van der Waals surface area (Å²) in [6.45, 7) is 1.88. The Morgan fingerprint density at radius 2 is 2.14 bits per heavy atom. The molecule has 14 heavy (non-hydrogen) atoms. The summed E-state index contributed by atoms with van der Waals surface area (Å²) in [6.07, 6.45) is 6.86. The van der Waals surface area contributed by atoms with Gasteiger partial charge in [0.2, 0.25) is 0 Å². The van der Waals surface area contributed by atoms with Gasteiger partial charge in [-0.2, -0.15) is 5.10 Å². The van der Waals surface area contributed by atoms with Crippen molar-refractivity contribution in [2.75, 3.05) is 0 Å². The van der Waals surface area contributed by atoms with Crippen molar-refractivity contribution in [1.29, 1.82) is 0 Å². The van der Waals surface area contributed by atoms with Crippen molar-refractivity contribution < 1.29 is 0 Å². The summed E-state index contributed by atoms with van der Waals surface area (Å²) in [6, 6.07) is -0.121. The Morgan fingerprint density at radius 3 is 2.79 bits per heavy atom. The van der Waals surface area contributed by atoms with Crippen LogP contribution in [-0.2, 0) is 0 Å². The fourth-order valence-electron chi connectivity index (χ4n) is 1.94. The average Bonchev–Trinajstić information content (AvgIpc) is 2.71. The van der Waals surface area contributed by atoms with E-state index in [4.69, 9.17) is 5.73 Å². The van der Waals surface area contributed by atoms with Crippen molar-refractivity contribution in [2.45, 2.75) is 44.6 Å². The van der Waals surface area contributed by atoms with Gasteiger partial charge in [0.1, 0.15) is 0 Å². The first kappa shape index (κ1) is 9.52. The molecule has 1 saturated carbocycles. The van der Waals surface area contributed by atoms with Crippen LogP contribution in [0.25, 0.3) is 0 Å². The third-order valence-electron chi connectivity index (χ3n) is 2.77. The SMILES string of the molecule is CC(N)c1nncc(C2CCCC2)n1. The van der Waals surface area contributed by atoms with E-state index in [1.807, 2.05) is 6.92 Å². The zero-order valence-electron chi connectivity index (χ0n) is 8.48. The van der Waals surface area contributed by atoms with Gasteiger partial charge in [0.25, 0.3) is 0 Å². The van der Waals surface area contributed by atoms with Gasteiger partial charge in [0.15, 0.2) is 5.82 Å². The highest BCUT2D eigenvalue weighted by Crippen LogP contribution is 2.32. The summed E-state index contributed by atoms with van der Waals surface area (Å²) in [7, 11) is 0. The van der Waals surface area contributed by atoms with Crippen molar-refractivity contribution >= 4 is 0 Å². The largest absolute Gasteiger partial charge is 0.321 e. The Kier molecular flexibility index (Phi) is 2.72. The molecule has 0 amide bonds. The molecule has 4 nitrogen and oxygen atoms in total. The van der Waals surface area contributed by atoms with Crippen LogP contribution in [0, 0.1) is 0 Å². The number of aromatic nitrogens is 3. The van der Waals surface area contributed by atoms with E-state index in [9.17, 15) is 0 Å². The minimum absolute atomic E-state index is 0.121. The lowest BCUT2D eigenvalue weighted by Crippen LogP contribution is -2.13. The first-order valence-electron chi connectivity index (χ1n) is 5.22. The minimum Gasteiger partial charge on any atom is -0.321 e. The summed E-state index contributed by atoms with van der Waals surface area (Å²) in [5.74, 6) is 1.25. The molecule has 1 unspecified atom stereocenters. The van der Waals surface area contributed by atoms with Crippen LogP contribution in [0.1, 0.15) is 56.1 Å². The zero-order valence-corrected chi connectivity index (χ0v) is 8.48. The van der Waals surface area contributed by atoms with Gasteiger partial charge in [0, 0.05) is 5.92 Å². The van der Waals surface area contributed by atoms with E-state index < -0.39 is 0 Å². The maximum Gasteiger partial charge on any atom is 0.167 e. The molecule has 0 bridgehead atoms. The Balaban J connectivity index is 2.21. The molecule has 0 radical (unpaired) electrons. The maximum atomic E-state index is 5.72. The highest BCUT2D eigenvalue weighted by atomic mass is 15.2. The normalized spacial score (nSPS) is 19.9. The molecule has 1 fully saturated rings. The molecule has 0 aliphatic heterocycles. The molecule has 4 heteroatoms. The summed E-state index contributed by atoms with van der Waals surface area (Å²) in [5, 5.41) is 7.88. The lowest BCUT2D eigenvalue weighted by Gasteiger charge is -2.09. The third-order valence-corrected chi connectivity index (χ3v) is 2.77. The Bertz CT molecular complexity index is 305. The van der Waals surface area contributed by atoms with E-state index in [-0.39, 0.29) is 6.04 Å². The second-order valence-corrected chi connectivity index (χ2v) is 4.01. The fourth-order valence-corrected chi connectivity index (χ4v) is 1.94. The number of hydrogen-bond donors (Lipinski definition) is 1. The molecule has 2 rings (SSSR count). The molecular weight excluding hydrogens is 176 g/mol. The van der Waals surface area contributed by atoms with Crippen LogP contribution in [-0.4, -0.2) is 15.2 Å². The molecule has 1 aliphatic rings. The molecule has 2 N–H and O–H groups in total. The molecule has 1 aliphatic carbocycles. The predicted molar refractivity (Wildman–Crippen MR) is 53.6 cm³/mol. The van der Waals surface area contributed by atoms with Crippen LogP contribution in [0.15, 0.2) is 6.20 Å². The molecule has 0 saturated heterocycles. The van der Waals surface area contributed by atoms with Gasteiger partial charge in [0.05, 0.1) is 17.9 Å². The summed E-state index contributed by atoms with van der Waals surface area (Å²) in [4.78, 5) is 4.46. The van der Waals surface area contributed by atoms with E-state index in [0.29, 0.717) is 11.7 Å². The van der Waals surface area contributed by atoms with Crippen molar-refractivity contribution in [2.24, 2.45) is 5.73 Å². The van der Waals surface area contributed by atoms with Crippen LogP contribution >= 0.6 is 0 Å². The van der Waals surface area contributed by atoms with Gasteiger partial charge < -0.3 is 5.73 Å². The van der Waals surface area contributed by atoms with Crippen molar-refractivity contribution in [3.63, 3.8) is 0 Å². The lowest BCUT2D eigenvalue weighted by molar-refractivity contribution is 0.639. The van der Waals surface area contributed by atoms with Gasteiger partial charge in [-0.25, -0.2) is 4.98 Å². The van der Waals surface area contributed by atoms with Crippen LogP contribution in [0.2, 0.25) is 0 Å². The highest BCUT2D eigenvalue weighted by Gasteiger charge is 2.19. The van der Waals surface area contributed by atoms with Gasteiger partial charge in [-0.15, -0.1) is 5.10 Å². The standard InChI is InChI=1S/C10H16N4/c1-7(11)10-13-9(6-12-14-10)8-4-2-3-5-8/h6-8H,2-5,11H2,1H3. The number of nitrogens with two attached hydrogens (primary N) is 1. The van der Waals surface area contributed by atoms with Crippen molar-refractivity contribution in [1.82, 2.24) is 15.2 Å². The first-order valence-corrected chi connectivity index (χ1v) is 5.22.